The van der Waals surface area contributed by atoms with Crippen molar-refractivity contribution in [2.24, 2.45) is 11.3 Å². The van der Waals surface area contributed by atoms with E-state index in [1.807, 2.05) is 6.07 Å². The summed E-state index contributed by atoms with van der Waals surface area (Å²) in [7, 11) is 0. The van der Waals surface area contributed by atoms with E-state index < -0.39 is 0 Å². The zero-order chi connectivity index (χ0) is 14.6. The Hall–Kier alpha value is -1.64. The normalized spacial score (nSPS) is 17.1. The van der Waals surface area contributed by atoms with Crippen molar-refractivity contribution in [2.45, 2.75) is 46.0 Å². The Labute approximate surface area is 120 Å². The fourth-order valence-electron chi connectivity index (χ4n) is 3.31. The maximum absolute atomic E-state index is 12.7. The van der Waals surface area contributed by atoms with E-state index in [9.17, 15) is 9.59 Å². The van der Waals surface area contributed by atoms with Gasteiger partial charge < -0.3 is 5.32 Å². The monoisotopic (exact) mass is 273 g/mol. The minimum Gasteiger partial charge on any atom is -0.326 e. The molecule has 0 unspecified atom stereocenters. The van der Waals surface area contributed by atoms with E-state index in [-0.39, 0.29) is 11.3 Å². The van der Waals surface area contributed by atoms with E-state index in [1.165, 1.54) is 0 Å². The van der Waals surface area contributed by atoms with Crippen molar-refractivity contribution in [3.63, 3.8) is 0 Å². The lowest BCUT2D eigenvalue weighted by molar-refractivity contribution is -0.126. The van der Waals surface area contributed by atoms with E-state index in [2.05, 4.69) is 19.2 Å². The van der Waals surface area contributed by atoms with Crippen LogP contribution in [0.3, 0.4) is 0 Å². The summed E-state index contributed by atoms with van der Waals surface area (Å²) in [5.74, 6) is 0.631. The molecule has 1 aromatic rings. The summed E-state index contributed by atoms with van der Waals surface area (Å²) in [5.41, 5.74) is 1.09. The topological polar surface area (TPSA) is 46.2 Å². The number of benzene rings is 1. The SMILES string of the molecule is CC(C)CC1(C(=O)Nc2cccc(C=O)c2)CCCC1. The van der Waals surface area contributed by atoms with Gasteiger partial charge in [-0.3, -0.25) is 9.59 Å². The molecule has 0 aromatic heterocycles. The van der Waals surface area contributed by atoms with Crippen molar-refractivity contribution in [3.8, 4) is 0 Å². The Morgan fingerprint density at radius 1 is 1.35 bits per heavy atom. The van der Waals surface area contributed by atoms with Crippen molar-refractivity contribution in [1.29, 1.82) is 0 Å². The number of carbonyl (C=O) groups excluding carboxylic acids is 2. The third-order valence-electron chi connectivity index (χ3n) is 4.12. The van der Waals surface area contributed by atoms with Gasteiger partial charge in [0.15, 0.2) is 0 Å². The van der Waals surface area contributed by atoms with Crippen molar-refractivity contribution in [3.05, 3.63) is 29.8 Å². The number of anilines is 1. The molecule has 0 bridgehead atoms. The minimum atomic E-state index is -0.217. The van der Waals surface area contributed by atoms with Crippen LogP contribution in [0.15, 0.2) is 24.3 Å². The highest BCUT2D eigenvalue weighted by Gasteiger charge is 2.41. The minimum absolute atomic E-state index is 0.117. The zero-order valence-electron chi connectivity index (χ0n) is 12.3. The van der Waals surface area contributed by atoms with Crippen LogP contribution in [0.4, 0.5) is 5.69 Å². The first-order valence-corrected chi connectivity index (χ1v) is 7.42. The first-order valence-electron chi connectivity index (χ1n) is 7.42. The number of carbonyl (C=O) groups is 2. The first-order chi connectivity index (χ1) is 9.55. The summed E-state index contributed by atoms with van der Waals surface area (Å²) in [6.07, 6.45) is 5.96. The first kappa shape index (κ1) is 14.8. The molecule has 1 aromatic carbocycles. The van der Waals surface area contributed by atoms with Gasteiger partial charge in [-0.15, -0.1) is 0 Å². The Balaban J connectivity index is 2.14. The number of rotatable bonds is 5. The Morgan fingerprint density at radius 2 is 2.05 bits per heavy atom. The van der Waals surface area contributed by atoms with Gasteiger partial charge in [0.25, 0.3) is 0 Å². The van der Waals surface area contributed by atoms with Crippen LogP contribution < -0.4 is 5.32 Å². The molecule has 0 atom stereocenters. The molecule has 1 aliphatic carbocycles. The molecule has 0 saturated heterocycles. The molecule has 1 N–H and O–H groups in total. The predicted octanol–water partition coefficient (Wildman–Crippen LogP) is 4.04. The highest BCUT2D eigenvalue weighted by atomic mass is 16.2. The lowest BCUT2D eigenvalue weighted by Gasteiger charge is -2.29. The van der Waals surface area contributed by atoms with Crippen LogP contribution in [0, 0.1) is 11.3 Å². The van der Waals surface area contributed by atoms with Gasteiger partial charge in [-0.2, -0.15) is 0 Å². The predicted molar refractivity (Wildman–Crippen MR) is 80.8 cm³/mol. The summed E-state index contributed by atoms with van der Waals surface area (Å²) in [6, 6.07) is 7.09. The number of amides is 1. The Kier molecular flexibility index (Phi) is 4.58. The zero-order valence-corrected chi connectivity index (χ0v) is 12.3. The Morgan fingerprint density at radius 3 is 2.65 bits per heavy atom. The van der Waals surface area contributed by atoms with Crippen molar-refractivity contribution in [2.75, 3.05) is 5.32 Å². The van der Waals surface area contributed by atoms with Crippen LogP contribution in [0.2, 0.25) is 0 Å². The standard InChI is InChI=1S/C17H23NO2/c1-13(2)11-17(8-3-4-9-17)16(20)18-15-7-5-6-14(10-15)12-19/h5-7,10,12-13H,3-4,8-9,11H2,1-2H3,(H,18,20). The molecule has 0 aliphatic heterocycles. The summed E-state index contributed by atoms with van der Waals surface area (Å²) in [5, 5.41) is 3.01. The molecular weight excluding hydrogens is 250 g/mol. The summed E-state index contributed by atoms with van der Waals surface area (Å²) >= 11 is 0. The van der Waals surface area contributed by atoms with Gasteiger partial charge in [-0.1, -0.05) is 38.8 Å². The van der Waals surface area contributed by atoms with Gasteiger partial charge in [0, 0.05) is 16.7 Å². The van der Waals surface area contributed by atoms with Crippen LogP contribution in [0.1, 0.15) is 56.3 Å². The smallest absolute Gasteiger partial charge is 0.230 e. The highest BCUT2D eigenvalue weighted by molar-refractivity contribution is 5.96. The summed E-state index contributed by atoms with van der Waals surface area (Å²) in [6.45, 7) is 4.33. The maximum Gasteiger partial charge on any atom is 0.230 e. The average molecular weight is 273 g/mol. The van der Waals surface area contributed by atoms with E-state index in [0.29, 0.717) is 11.5 Å². The lowest BCUT2D eigenvalue weighted by Crippen LogP contribution is -2.35. The van der Waals surface area contributed by atoms with Crippen molar-refractivity contribution >= 4 is 17.9 Å². The van der Waals surface area contributed by atoms with Gasteiger partial charge in [0.1, 0.15) is 6.29 Å². The molecule has 20 heavy (non-hydrogen) atoms. The summed E-state index contributed by atoms with van der Waals surface area (Å²) in [4.78, 5) is 23.5. The fourth-order valence-corrected chi connectivity index (χ4v) is 3.31. The molecule has 1 fully saturated rings. The van der Waals surface area contributed by atoms with Gasteiger partial charge >= 0.3 is 0 Å². The maximum atomic E-state index is 12.7. The molecule has 3 heteroatoms. The van der Waals surface area contributed by atoms with Crippen molar-refractivity contribution < 1.29 is 9.59 Å². The molecule has 1 saturated carbocycles. The van der Waals surface area contributed by atoms with Crippen LogP contribution in [-0.4, -0.2) is 12.2 Å². The summed E-state index contributed by atoms with van der Waals surface area (Å²) < 4.78 is 0. The Bertz CT molecular complexity index is 488. The van der Waals surface area contributed by atoms with Crippen LogP contribution in [0.25, 0.3) is 0 Å². The number of hydrogen-bond donors (Lipinski definition) is 1. The molecule has 1 amide bonds. The van der Waals surface area contributed by atoms with Gasteiger partial charge in [-0.05, 0) is 37.3 Å². The molecular formula is C17H23NO2. The fraction of sp³-hybridized carbons (Fsp3) is 0.529. The second-order valence-electron chi connectivity index (χ2n) is 6.28. The molecule has 108 valence electrons. The van der Waals surface area contributed by atoms with E-state index in [0.717, 1.165) is 44.1 Å². The molecule has 3 nitrogen and oxygen atoms in total. The van der Waals surface area contributed by atoms with Crippen LogP contribution in [-0.2, 0) is 4.79 Å². The molecule has 0 heterocycles. The second kappa shape index (κ2) is 6.21. The molecule has 0 spiro atoms. The largest absolute Gasteiger partial charge is 0.326 e. The third kappa shape index (κ3) is 3.27. The van der Waals surface area contributed by atoms with Gasteiger partial charge in [0.2, 0.25) is 5.91 Å². The lowest BCUT2D eigenvalue weighted by atomic mass is 9.77. The van der Waals surface area contributed by atoms with E-state index in [1.54, 1.807) is 18.2 Å². The van der Waals surface area contributed by atoms with Crippen LogP contribution in [0.5, 0.6) is 0 Å². The molecule has 1 aliphatic rings. The molecule has 0 radical (unpaired) electrons. The van der Waals surface area contributed by atoms with Crippen LogP contribution >= 0.6 is 0 Å². The van der Waals surface area contributed by atoms with E-state index in [4.69, 9.17) is 0 Å². The van der Waals surface area contributed by atoms with Gasteiger partial charge in [-0.25, -0.2) is 0 Å². The third-order valence-corrected chi connectivity index (χ3v) is 4.12. The van der Waals surface area contributed by atoms with Crippen molar-refractivity contribution in [1.82, 2.24) is 0 Å². The number of aldehydes is 1. The highest BCUT2D eigenvalue weighted by Crippen LogP contribution is 2.44. The molecule has 2 rings (SSSR count). The van der Waals surface area contributed by atoms with E-state index >= 15 is 0 Å². The number of hydrogen-bond acceptors (Lipinski definition) is 2. The average Bonchev–Trinajstić information content (AvgIpc) is 2.88. The number of nitrogens with one attached hydrogen (secondary N) is 1. The quantitative estimate of drug-likeness (QED) is 0.823. The second-order valence-corrected chi connectivity index (χ2v) is 6.28. The van der Waals surface area contributed by atoms with Gasteiger partial charge in [0.05, 0.1) is 0 Å².